The molecule has 0 spiro atoms. The third-order valence-corrected chi connectivity index (χ3v) is 8.72. The molecule has 112 valence electrons. The van der Waals surface area contributed by atoms with Crippen molar-refractivity contribution < 1.29 is 13.6 Å². The van der Waals surface area contributed by atoms with Crippen molar-refractivity contribution in [1.29, 1.82) is 0 Å². The van der Waals surface area contributed by atoms with Crippen LogP contribution in [0.2, 0.25) is 0 Å². The fourth-order valence-corrected chi connectivity index (χ4v) is 8.28. The first-order valence-corrected chi connectivity index (χ1v) is 10.6. The standard InChI is InChI=1S/C16H20O3PTe/c1-4-13-12-21-16(15(13)5-2,19-20(17)18-6-3)14-10-8-7-9-11-14/h6-12,15H,3-5H2,1-2H3/q+1. The molecule has 2 rings (SSSR count). The van der Waals surface area contributed by atoms with E-state index in [0.29, 0.717) is 0 Å². The summed E-state index contributed by atoms with van der Waals surface area (Å²) in [5, 5.41) is 0. The van der Waals surface area contributed by atoms with Crippen molar-refractivity contribution in [2.75, 3.05) is 0 Å². The molecule has 0 aromatic heterocycles. The first-order chi connectivity index (χ1) is 10.2. The molecule has 1 aliphatic rings. The van der Waals surface area contributed by atoms with Gasteiger partial charge in [0.15, 0.2) is 0 Å². The fourth-order valence-electron chi connectivity index (χ4n) is 2.70. The van der Waals surface area contributed by atoms with Crippen molar-refractivity contribution in [1.82, 2.24) is 0 Å². The summed E-state index contributed by atoms with van der Waals surface area (Å²) in [6, 6.07) is 10.1. The second-order valence-electron chi connectivity index (χ2n) is 4.75. The molecule has 1 heterocycles. The zero-order valence-electron chi connectivity index (χ0n) is 12.3. The third-order valence-electron chi connectivity index (χ3n) is 3.66. The molecule has 0 amide bonds. The summed E-state index contributed by atoms with van der Waals surface area (Å²) >= 11 is -0.615. The molecule has 0 fully saturated rings. The minimum absolute atomic E-state index is 0.277. The molecular formula is C16H20O3PTe+. The summed E-state index contributed by atoms with van der Waals surface area (Å²) in [4.78, 5) is 0. The molecule has 0 radical (unpaired) electrons. The van der Waals surface area contributed by atoms with Gasteiger partial charge in [-0.2, -0.15) is 0 Å². The summed E-state index contributed by atoms with van der Waals surface area (Å²) in [7, 11) is -2.19. The zero-order chi connectivity index (χ0) is 15.3. The van der Waals surface area contributed by atoms with E-state index in [1.54, 1.807) is 0 Å². The van der Waals surface area contributed by atoms with E-state index in [4.69, 9.17) is 9.05 Å². The van der Waals surface area contributed by atoms with Crippen molar-refractivity contribution in [2.45, 2.75) is 30.3 Å². The Kier molecular flexibility index (Phi) is 6.02. The molecule has 5 heteroatoms. The molecule has 3 unspecified atom stereocenters. The van der Waals surface area contributed by atoms with E-state index < -0.39 is 32.8 Å². The van der Waals surface area contributed by atoms with Crippen LogP contribution in [0.5, 0.6) is 0 Å². The predicted octanol–water partition coefficient (Wildman–Crippen LogP) is 4.71. The van der Waals surface area contributed by atoms with Crippen LogP contribution >= 0.6 is 8.25 Å². The third kappa shape index (κ3) is 3.41. The van der Waals surface area contributed by atoms with Crippen molar-refractivity contribution in [3.63, 3.8) is 0 Å². The molecule has 1 aromatic carbocycles. The second-order valence-corrected chi connectivity index (χ2v) is 8.66. The first kappa shape index (κ1) is 16.7. The number of hydrogen-bond donors (Lipinski definition) is 0. The van der Waals surface area contributed by atoms with Gasteiger partial charge in [0.05, 0.1) is 0 Å². The van der Waals surface area contributed by atoms with E-state index in [9.17, 15) is 4.57 Å². The number of rotatable bonds is 7. The molecule has 1 aromatic rings. The molecule has 0 N–H and O–H groups in total. The minimum atomic E-state index is -2.19. The first-order valence-electron chi connectivity index (χ1n) is 7.04. The molecule has 0 aliphatic carbocycles. The van der Waals surface area contributed by atoms with Crippen LogP contribution in [0, 0.1) is 5.92 Å². The van der Waals surface area contributed by atoms with Gasteiger partial charge in [-0.05, 0) is 0 Å². The van der Waals surface area contributed by atoms with Crippen molar-refractivity contribution in [2.24, 2.45) is 5.92 Å². The van der Waals surface area contributed by atoms with Gasteiger partial charge in [0, 0.05) is 0 Å². The average molecular weight is 419 g/mol. The van der Waals surface area contributed by atoms with Gasteiger partial charge in [0.25, 0.3) is 0 Å². The van der Waals surface area contributed by atoms with Crippen LogP contribution in [0.4, 0.5) is 0 Å². The van der Waals surface area contributed by atoms with Gasteiger partial charge in [-0.3, -0.25) is 0 Å². The van der Waals surface area contributed by atoms with E-state index in [2.05, 4.69) is 36.7 Å². The maximum absolute atomic E-state index is 12.1. The quantitative estimate of drug-likeness (QED) is 0.365. The summed E-state index contributed by atoms with van der Waals surface area (Å²) in [5.41, 5.74) is 2.53. The molecular weight excluding hydrogens is 399 g/mol. The molecule has 21 heavy (non-hydrogen) atoms. The van der Waals surface area contributed by atoms with Gasteiger partial charge >= 0.3 is 137 Å². The van der Waals surface area contributed by atoms with Gasteiger partial charge in [-0.1, -0.05) is 0 Å². The van der Waals surface area contributed by atoms with E-state index in [0.717, 1.165) is 18.4 Å². The van der Waals surface area contributed by atoms with E-state index >= 15 is 0 Å². The molecule has 0 saturated carbocycles. The predicted molar refractivity (Wildman–Crippen MR) is 86.0 cm³/mol. The Morgan fingerprint density at radius 2 is 2.10 bits per heavy atom. The van der Waals surface area contributed by atoms with Crippen LogP contribution in [0.3, 0.4) is 0 Å². The van der Waals surface area contributed by atoms with E-state index in [1.165, 1.54) is 11.8 Å². The number of hydrogen-bond acceptors (Lipinski definition) is 3. The van der Waals surface area contributed by atoms with Gasteiger partial charge < -0.3 is 0 Å². The summed E-state index contributed by atoms with van der Waals surface area (Å²) in [5.74, 6) is 0.277. The van der Waals surface area contributed by atoms with Crippen LogP contribution in [0.25, 0.3) is 0 Å². The SMILES string of the molecule is C=CO[P+](=O)OC1(c2ccccc2)[Te]C=C(CC)C1CC. The summed E-state index contributed by atoms with van der Waals surface area (Å²) in [6.45, 7) is 7.78. The zero-order valence-corrected chi connectivity index (χ0v) is 15.5. The van der Waals surface area contributed by atoms with Crippen LogP contribution < -0.4 is 0 Å². The van der Waals surface area contributed by atoms with Crippen LogP contribution in [0.15, 0.2) is 52.9 Å². The van der Waals surface area contributed by atoms with Crippen LogP contribution in [0.1, 0.15) is 32.3 Å². The molecule has 1 aliphatic heterocycles. The summed E-state index contributed by atoms with van der Waals surface area (Å²) < 4.78 is 24.9. The molecule has 3 nitrogen and oxygen atoms in total. The molecule has 0 saturated heterocycles. The van der Waals surface area contributed by atoms with Crippen molar-refractivity contribution in [3.05, 3.63) is 58.4 Å². The van der Waals surface area contributed by atoms with Crippen LogP contribution in [-0.4, -0.2) is 20.9 Å². The van der Waals surface area contributed by atoms with Crippen molar-refractivity contribution >= 4 is 29.2 Å². The normalized spacial score (nSPS) is 25.3. The maximum atomic E-state index is 12.1. The molecule has 0 bridgehead atoms. The fraction of sp³-hybridized carbons (Fsp3) is 0.375. The molecule has 3 atom stereocenters. The summed E-state index contributed by atoms with van der Waals surface area (Å²) in [6.07, 6.45) is 3.17. The Morgan fingerprint density at radius 1 is 1.38 bits per heavy atom. The van der Waals surface area contributed by atoms with Gasteiger partial charge in [0.1, 0.15) is 0 Å². The Morgan fingerprint density at radius 3 is 2.67 bits per heavy atom. The Labute approximate surface area is 137 Å². The van der Waals surface area contributed by atoms with E-state index in [-0.39, 0.29) is 5.92 Å². The van der Waals surface area contributed by atoms with Gasteiger partial charge in [-0.15, -0.1) is 0 Å². The van der Waals surface area contributed by atoms with E-state index in [1.807, 2.05) is 18.2 Å². The second kappa shape index (κ2) is 7.56. The number of benzene rings is 1. The Hall–Kier alpha value is -0.650. The Balaban J connectivity index is 2.41. The van der Waals surface area contributed by atoms with Gasteiger partial charge in [-0.25, -0.2) is 0 Å². The van der Waals surface area contributed by atoms with Gasteiger partial charge in [0.2, 0.25) is 0 Å². The topological polar surface area (TPSA) is 35.5 Å². The monoisotopic (exact) mass is 421 g/mol. The Bertz CT molecular complexity index is 544. The van der Waals surface area contributed by atoms with Crippen molar-refractivity contribution in [3.8, 4) is 0 Å². The van der Waals surface area contributed by atoms with Crippen LogP contribution in [-0.2, 0) is 17.3 Å². The average Bonchev–Trinajstić information content (AvgIpc) is 2.87.